The van der Waals surface area contributed by atoms with Gasteiger partial charge >= 0.3 is 0 Å². The molecule has 0 aliphatic heterocycles. The fraction of sp³-hybridized carbons (Fsp3) is 0.125. The predicted molar refractivity (Wildman–Crippen MR) is 47.9 cm³/mol. The van der Waals surface area contributed by atoms with Crippen LogP contribution >= 0.6 is 23.2 Å². The number of rotatable bonds is 2. The highest BCUT2D eigenvalue weighted by Gasteiger charge is 2.09. The number of halogens is 2. The second kappa shape index (κ2) is 3.78. The Bertz CT molecular complexity index is 297. The third kappa shape index (κ3) is 1.90. The first kappa shape index (κ1) is 9.36. The number of alkyl halides is 2. The normalized spacial score (nSPS) is 10.2. The molecule has 0 spiro atoms. The molecule has 0 amide bonds. The lowest BCUT2D eigenvalue weighted by Crippen LogP contribution is -1.86. The van der Waals surface area contributed by atoms with Crippen LogP contribution in [0.5, 0.6) is 5.75 Å². The largest absolute Gasteiger partial charge is 0.508 e. The Morgan fingerprint density at radius 2 is 2.08 bits per heavy atom. The zero-order chi connectivity index (χ0) is 9.14. The minimum absolute atomic E-state index is 0.00407. The Morgan fingerprint density at radius 1 is 1.42 bits per heavy atom. The summed E-state index contributed by atoms with van der Waals surface area (Å²) in [5, 5.41) is 9.22. The Kier molecular flexibility index (Phi) is 2.95. The van der Waals surface area contributed by atoms with Gasteiger partial charge in [-0.2, -0.15) is 0 Å². The molecule has 2 nitrogen and oxygen atoms in total. The number of aromatic hydroxyl groups is 1. The molecule has 1 N–H and O–H groups in total. The van der Waals surface area contributed by atoms with Gasteiger partial charge in [0.15, 0.2) is 0 Å². The topological polar surface area (TPSA) is 37.3 Å². The van der Waals surface area contributed by atoms with Crippen LogP contribution in [0, 0.1) is 0 Å². The number of phenolic OH excluding ortho intramolecular Hbond substituents is 1. The lowest BCUT2D eigenvalue weighted by atomic mass is 10.1. The molecule has 0 heterocycles. The molecule has 1 aromatic rings. The summed E-state index contributed by atoms with van der Waals surface area (Å²) in [5.74, 6) is -0.00407. The van der Waals surface area contributed by atoms with Gasteiger partial charge in [-0.3, -0.25) is 4.79 Å². The molecule has 0 saturated heterocycles. The second-order valence-electron chi connectivity index (χ2n) is 2.24. The summed E-state index contributed by atoms with van der Waals surface area (Å²) in [6.45, 7) is 0. The van der Waals surface area contributed by atoms with E-state index < -0.39 is 4.84 Å². The molecule has 0 fully saturated rings. The van der Waals surface area contributed by atoms with Crippen molar-refractivity contribution in [1.29, 1.82) is 0 Å². The zero-order valence-corrected chi connectivity index (χ0v) is 7.51. The van der Waals surface area contributed by atoms with Crippen LogP contribution in [-0.4, -0.2) is 11.4 Å². The van der Waals surface area contributed by atoms with Crippen molar-refractivity contribution in [3.05, 3.63) is 29.3 Å². The van der Waals surface area contributed by atoms with Crippen LogP contribution in [0.4, 0.5) is 0 Å². The number of aldehydes is 1. The highest BCUT2D eigenvalue weighted by Crippen LogP contribution is 2.32. The predicted octanol–water partition coefficient (Wildman–Crippen LogP) is 2.68. The van der Waals surface area contributed by atoms with Crippen LogP contribution < -0.4 is 0 Å². The third-order valence-corrected chi connectivity index (χ3v) is 1.89. The van der Waals surface area contributed by atoms with Crippen LogP contribution in [0.25, 0.3) is 0 Å². The average molecular weight is 205 g/mol. The molecular weight excluding hydrogens is 199 g/mol. The Morgan fingerprint density at radius 3 is 2.58 bits per heavy atom. The maximum atomic E-state index is 10.3. The quantitative estimate of drug-likeness (QED) is 0.595. The highest BCUT2D eigenvalue weighted by molar-refractivity contribution is 6.44. The van der Waals surface area contributed by atoms with E-state index in [4.69, 9.17) is 23.2 Å². The van der Waals surface area contributed by atoms with Gasteiger partial charge in [0.2, 0.25) is 0 Å². The molecule has 0 radical (unpaired) electrons. The number of hydrogen-bond donors (Lipinski definition) is 1. The van der Waals surface area contributed by atoms with E-state index in [0.717, 1.165) is 0 Å². The first-order valence-electron chi connectivity index (χ1n) is 3.21. The fourth-order valence-corrected chi connectivity index (χ4v) is 1.17. The van der Waals surface area contributed by atoms with E-state index >= 15 is 0 Å². The zero-order valence-electron chi connectivity index (χ0n) is 6.00. The number of benzene rings is 1. The van der Waals surface area contributed by atoms with Crippen LogP contribution in [0.3, 0.4) is 0 Å². The van der Waals surface area contributed by atoms with Gasteiger partial charge in [-0.15, -0.1) is 0 Å². The summed E-state index contributed by atoms with van der Waals surface area (Å²) < 4.78 is 0. The first-order valence-corrected chi connectivity index (χ1v) is 4.08. The van der Waals surface area contributed by atoms with Crippen LogP contribution in [0.15, 0.2) is 18.2 Å². The molecule has 12 heavy (non-hydrogen) atoms. The Balaban J connectivity index is 3.16. The van der Waals surface area contributed by atoms with Gasteiger partial charge in [0, 0.05) is 11.1 Å². The molecule has 1 rings (SSSR count). The minimum Gasteiger partial charge on any atom is -0.508 e. The SMILES string of the molecule is O=Cc1ccc(O)c(C(Cl)Cl)c1. The number of hydrogen-bond acceptors (Lipinski definition) is 2. The lowest BCUT2D eigenvalue weighted by Gasteiger charge is -2.04. The van der Waals surface area contributed by atoms with Gasteiger partial charge in [0.1, 0.15) is 16.9 Å². The van der Waals surface area contributed by atoms with Crippen molar-refractivity contribution in [2.24, 2.45) is 0 Å². The summed E-state index contributed by atoms with van der Waals surface area (Å²) in [4.78, 5) is 9.51. The lowest BCUT2D eigenvalue weighted by molar-refractivity contribution is 0.112. The van der Waals surface area contributed by atoms with Crippen LogP contribution in [0.1, 0.15) is 20.8 Å². The van der Waals surface area contributed by atoms with E-state index in [1.54, 1.807) is 0 Å². The van der Waals surface area contributed by atoms with Crippen molar-refractivity contribution in [2.75, 3.05) is 0 Å². The number of phenols is 1. The van der Waals surface area contributed by atoms with Gasteiger partial charge in [0.05, 0.1) is 0 Å². The molecule has 0 bridgehead atoms. The molecule has 0 aliphatic rings. The first-order chi connectivity index (χ1) is 5.65. The number of carbonyl (C=O) groups excluding carboxylic acids is 1. The van der Waals surface area contributed by atoms with Crippen LogP contribution in [-0.2, 0) is 0 Å². The molecule has 1 aromatic carbocycles. The van der Waals surface area contributed by atoms with Crippen molar-refractivity contribution in [3.63, 3.8) is 0 Å². The maximum Gasteiger partial charge on any atom is 0.150 e. The summed E-state index contributed by atoms with van der Waals surface area (Å²) in [7, 11) is 0. The fourth-order valence-electron chi connectivity index (χ4n) is 0.821. The van der Waals surface area contributed by atoms with Gasteiger partial charge < -0.3 is 5.11 Å². The van der Waals surface area contributed by atoms with E-state index in [-0.39, 0.29) is 5.75 Å². The maximum absolute atomic E-state index is 10.3. The monoisotopic (exact) mass is 204 g/mol. The Hall–Kier alpha value is -0.730. The van der Waals surface area contributed by atoms with Crippen molar-refractivity contribution in [2.45, 2.75) is 4.84 Å². The molecule has 0 saturated carbocycles. The van der Waals surface area contributed by atoms with E-state index in [1.165, 1.54) is 18.2 Å². The molecule has 0 aliphatic carbocycles. The molecule has 4 heteroatoms. The molecule has 64 valence electrons. The van der Waals surface area contributed by atoms with Gasteiger partial charge in [-0.25, -0.2) is 0 Å². The van der Waals surface area contributed by atoms with Gasteiger partial charge in [0.25, 0.3) is 0 Å². The van der Waals surface area contributed by atoms with E-state index in [9.17, 15) is 9.90 Å². The molecule has 0 aromatic heterocycles. The summed E-state index contributed by atoms with van der Waals surface area (Å²) in [6.07, 6.45) is 0.666. The molecule has 0 atom stereocenters. The van der Waals surface area contributed by atoms with E-state index in [1.807, 2.05) is 0 Å². The smallest absolute Gasteiger partial charge is 0.150 e. The third-order valence-electron chi connectivity index (χ3n) is 1.42. The molecular formula is C8H6Cl2O2. The standard InChI is InChI=1S/C8H6Cl2O2/c9-8(10)6-3-5(4-11)1-2-7(6)12/h1-4,8,12H. The van der Waals surface area contributed by atoms with E-state index in [2.05, 4.69) is 0 Å². The summed E-state index contributed by atoms with van der Waals surface area (Å²) in [5.41, 5.74) is 0.789. The average Bonchev–Trinajstić information content (AvgIpc) is 2.05. The summed E-state index contributed by atoms with van der Waals surface area (Å²) in [6, 6.07) is 4.33. The number of carbonyl (C=O) groups is 1. The summed E-state index contributed by atoms with van der Waals surface area (Å²) >= 11 is 11.1. The van der Waals surface area contributed by atoms with Crippen molar-refractivity contribution >= 4 is 29.5 Å². The van der Waals surface area contributed by atoms with Crippen molar-refractivity contribution in [1.82, 2.24) is 0 Å². The van der Waals surface area contributed by atoms with Crippen molar-refractivity contribution < 1.29 is 9.90 Å². The van der Waals surface area contributed by atoms with Crippen molar-refractivity contribution in [3.8, 4) is 5.75 Å². The Labute approximate surface area is 79.7 Å². The second-order valence-corrected chi connectivity index (χ2v) is 3.33. The minimum atomic E-state index is -0.815. The van der Waals surface area contributed by atoms with Gasteiger partial charge in [-0.1, -0.05) is 23.2 Å². The molecule has 0 unspecified atom stereocenters. The van der Waals surface area contributed by atoms with Crippen LogP contribution in [0.2, 0.25) is 0 Å². The van der Waals surface area contributed by atoms with E-state index in [0.29, 0.717) is 17.4 Å². The van der Waals surface area contributed by atoms with Gasteiger partial charge in [-0.05, 0) is 18.2 Å². The highest BCUT2D eigenvalue weighted by atomic mass is 35.5.